The van der Waals surface area contributed by atoms with Gasteiger partial charge in [-0.1, -0.05) is 5.21 Å². The molecule has 2 saturated heterocycles. The molecule has 0 bridgehead atoms. The molecule has 3 heterocycles. The molecule has 0 spiro atoms. The zero-order valence-electron chi connectivity index (χ0n) is 11.2. The van der Waals surface area contributed by atoms with Crippen LogP contribution in [0.15, 0.2) is 12.4 Å². The summed E-state index contributed by atoms with van der Waals surface area (Å²) < 4.78 is 7.56. The molecule has 0 aliphatic carbocycles. The molecular weight excluding hydrogens is 244 g/mol. The Kier molecular flexibility index (Phi) is 3.50. The lowest BCUT2D eigenvalue weighted by atomic mass is 10.0. The quantitative estimate of drug-likeness (QED) is 0.800. The largest absolute Gasteiger partial charge is 0.365 e. The number of rotatable bonds is 2. The van der Waals surface area contributed by atoms with Crippen molar-refractivity contribution < 1.29 is 9.53 Å². The second kappa shape index (κ2) is 5.28. The van der Waals surface area contributed by atoms with Gasteiger partial charge in [-0.05, 0) is 32.6 Å². The van der Waals surface area contributed by atoms with Crippen molar-refractivity contribution in [3.63, 3.8) is 0 Å². The minimum Gasteiger partial charge on any atom is -0.365 e. The normalized spacial score (nSPS) is 28.8. The number of ether oxygens (including phenoxy) is 1. The SMILES string of the molecule is C[C@@H]1CC[C@@H](C(=O)N2CCC(n3ccnn3)CC2)O1. The summed E-state index contributed by atoms with van der Waals surface area (Å²) in [5, 5.41) is 7.87. The highest BCUT2D eigenvalue weighted by molar-refractivity contribution is 5.81. The zero-order chi connectivity index (χ0) is 13.2. The summed E-state index contributed by atoms with van der Waals surface area (Å²) in [6, 6.07) is 0.370. The van der Waals surface area contributed by atoms with Crippen molar-refractivity contribution in [2.75, 3.05) is 13.1 Å². The van der Waals surface area contributed by atoms with Crippen LogP contribution in [-0.4, -0.2) is 51.1 Å². The summed E-state index contributed by atoms with van der Waals surface area (Å²) in [5.41, 5.74) is 0. The van der Waals surface area contributed by atoms with Gasteiger partial charge in [-0.2, -0.15) is 0 Å². The molecule has 1 aromatic rings. The van der Waals surface area contributed by atoms with Crippen molar-refractivity contribution in [2.45, 2.75) is 50.9 Å². The molecule has 2 aliphatic rings. The fourth-order valence-electron chi connectivity index (χ4n) is 2.95. The Bertz CT molecular complexity index is 426. The Labute approximate surface area is 112 Å². The van der Waals surface area contributed by atoms with E-state index in [-0.39, 0.29) is 18.1 Å². The van der Waals surface area contributed by atoms with Crippen LogP contribution in [0, 0.1) is 0 Å². The van der Waals surface area contributed by atoms with Crippen molar-refractivity contribution in [1.82, 2.24) is 19.9 Å². The highest BCUT2D eigenvalue weighted by atomic mass is 16.5. The van der Waals surface area contributed by atoms with E-state index in [1.54, 1.807) is 6.20 Å². The van der Waals surface area contributed by atoms with Crippen LogP contribution in [0.4, 0.5) is 0 Å². The van der Waals surface area contributed by atoms with Gasteiger partial charge < -0.3 is 9.64 Å². The summed E-state index contributed by atoms with van der Waals surface area (Å²) in [6.07, 6.45) is 7.35. The lowest BCUT2D eigenvalue weighted by Crippen LogP contribution is -2.44. The molecule has 19 heavy (non-hydrogen) atoms. The molecule has 2 aliphatic heterocycles. The minimum absolute atomic E-state index is 0.168. The first kappa shape index (κ1) is 12.6. The number of nitrogens with zero attached hydrogens (tertiary/aromatic N) is 4. The first-order chi connectivity index (χ1) is 9.24. The lowest BCUT2D eigenvalue weighted by molar-refractivity contribution is -0.144. The highest BCUT2D eigenvalue weighted by Gasteiger charge is 2.33. The van der Waals surface area contributed by atoms with Crippen molar-refractivity contribution >= 4 is 5.91 Å². The molecule has 0 aromatic carbocycles. The Morgan fingerprint density at radius 1 is 1.26 bits per heavy atom. The summed E-state index contributed by atoms with van der Waals surface area (Å²) in [7, 11) is 0. The number of likely N-dealkylation sites (tertiary alicyclic amines) is 1. The van der Waals surface area contributed by atoms with E-state index in [2.05, 4.69) is 10.3 Å². The van der Waals surface area contributed by atoms with Gasteiger partial charge >= 0.3 is 0 Å². The van der Waals surface area contributed by atoms with Crippen LogP contribution < -0.4 is 0 Å². The average molecular weight is 264 g/mol. The molecular formula is C13H20N4O2. The number of hydrogen-bond acceptors (Lipinski definition) is 4. The van der Waals surface area contributed by atoms with E-state index in [0.717, 1.165) is 38.8 Å². The van der Waals surface area contributed by atoms with Gasteiger partial charge in [0.05, 0.1) is 18.3 Å². The van der Waals surface area contributed by atoms with Crippen LogP contribution in [0.2, 0.25) is 0 Å². The fraction of sp³-hybridized carbons (Fsp3) is 0.769. The zero-order valence-corrected chi connectivity index (χ0v) is 11.2. The second-order valence-corrected chi connectivity index (χ2v) is 5.45. The lowest BCUT2D eigenvalue weighted by Gasteiger charge is -2.33. The Hall–Kier alpha value is -1.43. The first-order valence-electron chi connectivity index (χ1n) is 7.04. The summed E-state index contributed by atoms with van der Waals surface area (Å²) in [4.78, 5) is 14.2. The van der Waals surface area contributed by atoms with Crippen LogP contribution in [0.25, 0.3) is 0 Å². The number of carbonyl (C=O) groups is 1. The molecule has 1 amide bonds. The molecule has 6 nitrogen and oxygen atoms in total. The molecule has 0 N–H and O–H groups in total. The molecule has 6 heteroatoms. The van der Waals surface area contributed by atoms with Gasteiger partial charge in [0.2, 0.25) is 0 Å². The van der Waals surface area contributed by atoms with E-state index < -0.39 is 0 Å². The van der Waals surface area contributed by atoms with Gasteiger partial charge in [-0.25, -0.2) is 4.68 Å². The monoisotopic (exact) mass is 264 g/mol. The standard InChI is InChI=1S/C13H20N4O2/c1-10-2-3-12(19-10)13(18)16-7-4-11(5-8-16)17-9-6-14-15-17/h6,9-12H,2-5,7-8H2,1H3/t10-,12+/m1/s1. The predicted molar refractivity (Wildman–Crippen MR) is 68.4 cm³/mol. The van der Waals surface area contributed by atoms with E-state index >= 15 is 0 Å². The highest BCUT2D eigenvalue weighted by Crippen LogP contribution is 2.25. The molecule has 0 saturated carbocycles. The van der Waals surface area contributed by atoms with Gasteiger partial charge in [0.15, 0.2) is 0 Å². The average Bonchev–Trinajstić information content (AvgIpc) is 3.09. The van der Waals surface area contributed by atoms with Crippen LogP contribution >= 0.6 is 0 Å². The maximum absolute atomic E-state index is 12.3. The first-order valence-corrected chi connectivity index (χ1v) is 7.04. The molecule has 104 valence electrons. The van der Waals surface area contributed by atoms with E-state index in [0.29, 0.717) is 6.04 Å². The Morgan fingerprint density at radius 3 is 2.63 bits per heavy atom. The summed E-state index contributed by atoms with van der Waals surface area (Å²) >= 11 is 0. The third-order valence-electron chi connectivity index (χ3n) is 4.10. The number of hydrogen-bond donors (Lipinski definition) is 0. The van der Waals surface area contributed by atoms with Gasteiger partial charge in [0.25, 0.3) is 5.91 Å². The van der Waals surface area contributed by atoms with E-state index in [9.17, 15) is 4.79 Å². The van der Waals surface area contributed by atoms with Gasteiger partial charge in [0, 0.05) is 19.3 Å². The smallest absolute Gasteiger partial charge is 0.251 e. The fourth-order valence-corrected chi connectivity index (χ4v) is 2.95. The van der Waals surface area contributed by atoms with Crippen LogP contribution in [-0.2, 0) is 9.53 Å². The number of amides is 1. The van der Waals surface area contributed by atoms with Gasteiger partial charge in [0.1, 0.15) is 6.10 Å². The van der Waals surface area contributed by atoms with Crippen LogP contribution in [0.3, 0.4) is 0 Å². The summed E-state index contributed by atoms with van der Waals surface area (Å²) in [5.74, 6) is 0.168. The van der Waals surface area contributed by atoms with Gasteiger partial charge in [-0.15, -0.1) is 5.10 Å². The molecule has 2 fully saturated rings. The Balaban J connectivity index is 1.54. The van der Waals surface area contributed by atoms with Crippen molar-refractivity contribution in [3.8, 4) is 0 Å². The van der Waals surface area contributed by atoms with Crippen LogP contribution in [0.5, 0.6) is 0 Å². The maximum Gasteiger partial charge on any atom is 0.251 e. The predicted octanol–water partition coefficient (Wildman–Crippen LogP) is 1.01. The Morgan fingerprint density at radius 2 is 2.05 bits per heavy atom. The minimum atomic E-state index is -0.210. The van der Waals surface area contributed by atoms with Gasteiger partial charge in [-0.3, -0.25) is 4.79 Å². The van der Waals surface area contributed by atoms with Crippen molar-refractivity contribution in [3.05, 3.63) is 12.4 Å². The number of piperidine rings is 1. The number of carbonyl (C=O) groups excluding carboxylic acids is 1. The molecule has 2 atom stereocenters. The second-order valence-electron chi connectivity index (χ2n) is 5.45. The topological polar surface area (TPSA) is 60.2 Å². The molecule has 3 rings (SSSR count). The molecule has 0 radical (unpaired) electrons. The van der Waals surface area contributed by atoms with Crippen molar-refractivity contribution in [2.24, 2.45) is 0 Å². The van der Waals surface area contributed by atoms with Crippen molar-refractivity contribution in [1.29, 1.82) is 0 Å². The van der Waals surface area contributed by atoms with Crippen LogP contribution in [0.1, 0.15) is 38.6 Å². The maximum atomic E-state index is 12.3. The van der Waals surface area contributed by atoms with E-state index in [4.69, 9.17) is 4.74 Å². The van der Waals surface area contributed by atoms with E-state index in [1.165, 1.54) is 0 Å². The van der Waals surface area contributed by atoms with E-state index in [1.807, 2.05) is 22.7 Å². The number of aromatic nitrogens is 3. The third-order valence-corrected chi connectivity index (χ3v) is 4.10. The molecule has 0 unspecified atom stereocenters. The molecule has 1 aromatic heterocycles. The third kappa shape index (κ3) is 2.63. The summed E-state index contributed by atoms with van der Waals surface area (Å²) in [6.45, 7) is 3.61.